The van der Waals surface area contributed by atoms with Crippen LogP contribution in [0.2, 0.25) is 0 Å². The van der Waals surface area contributed by atoms with Crippen molar-refractivity contribution < 1.29 is 9.42 Å². The van der Waals surface area contributed by atoms with Gasteiger partial charge >= 0.3 is 0 Å². The van der Waals surface area contributed by atoms with Crippen LogP contribution in [0.5, 0.6) is 0 Å². The molecule has 1 aliphatic heterocycles. The van der Waals surface area contributed by atoms with E-state index in [1.54, 1.807) is 0 Å². The number of rotatable bonds is 6. The first-order chi connectivity index (χ1) is 15.4. The fourth-order valence-corrected chi connectivity index (χ4v) is 4.08. The van der Waals surface area contributed by atoms with Crippen LogP contribution in [0.25, 0.3) is 5.82 Å². The highest BCUT2D eigenvalue weighted by molar-refractivity contribution is 9.10. The third kappa shape index (κ3) is 4.70. The minimum absolute atomic E-state index is 0.0679. The monoisotopic (exact) mass is 501 g/mol. The summed E-state index contributed by atoms with van der Waals surface area (Å²) in [5.41, 5.74) is 10.7. The van der Waals surface area contributed by atoms with Gasteiger partial charge in [-0.2, -0.15) is 9.78 Å². The highest BCUT2D eigenvalue weighted by Crippen LogP contribution is 2.23. The molecule has 1 aliphatic rings. The number of amides is 1. The van der Waals surface area contributed by atoms with E-state index in [1.165, 1.54) is 11.1 Å². The molecule has 0 bridgehead atoms. The second kappa shape index (κ2) is 9.57. The number of carbonyl (C=O) groups excluding carboxylic acids is 1. The van der Waals surface area contributed by atoms with Gasteiger partial charge < -0.3 is 5.73 Å². The number of nitrogens with zero attached hydrogens (tertiary/aromatic N) is 7. The number of nitrogens with one attached hydrogen (secondary N) is 1. The third-order valence-electron chi connectivity index (χ3n) is 5.54. The van der Waals surface area contributed by atoms with Gasteiger partial charge in [0.1, 0.15) is 0 Å². The Balaban J connectivity index is 1.62. The van der Waals surface area contributed by atoms with Crippen molar-refractivity contribution >= 4 is 33.4 Å². The molecule has 2 aromatic heterocycles. The van der Waals surface area contributed by atoms with Crippen molar-refractivity contribution in [3.05, 3.63) is 45.7 Å². The number of nitrogen functional groups attached to an aromatic ring is 1. The summed E-state index contributed by atoms with van der Waals surface area (Å²) in [7, 11) is 0. The molecule has 168 valence electrons. The van der Waals surface area contributed by atoms with Gasteiger partial charge in [0.15, 0.2) is 5.69 Å². The average Bonchev–Trinajstić information content (AvgIpc) is 3.39. The zero-order valence-corrected chi connectivity index (χ0v) is 19.4. The predicted octanol–water partition coefficient (Wildman–Crippen LogP) is 2.52. The van der Waals surface area contributed by atoms with Crippen molar-refractivity contribution in [2.75, 3.05) is 12.3 Å². The summed E-state index contributed by atoms with van der Waals surface area (Å²) in [5, 5.41) is 19.9. The van der Waals surface area contributed by atoms with Crippen molar-refractivity contribution in [2.45, 2.75) is 45.7 Å². The lowest BCUT2D eigenvalue weighted by Crippen LogP contribution is -2.38. The van der Waals surface area contributed by atoms with Crippen molar-refractivity contribution in [3.8, 4) is 5.82 Å². The van der Waals surface area contributed by atoms with Crippen molar-refractivity contribution in [2.24, 2.45) is 5.10 Å². The van der Waals surface area contributed by atoms with Crippen LogP contribution in [0.4, 0.5) is 5.82 Å². The van der Waals surface area contributed by atoms with E-state index in [4.69, 9.17) is 10.4 Å². The number of aromatic nitrogens is 5. The van der Waals surface area contributed by atoms with Gasteiger partial charge in [0, 0.05) is 17.1 Å². The van der Waals surface area contributed by atoms with Crippen LogP contribution in [0.3, 0.4) is 0 Å². The lowest BCUT2D eigenvalue weighted by Gasteiger charge is -2.33. The van der Waals surface area contributed by atoms with E-state index in [0.717, 1.165) is 29.4 Å². The quantitative estimate of drug-likeness (QED) is 0.387. The molecule has 0 aliphatic carbocycles. The minimum atomic E-state index is -0.472. The zero-order valence-electron chi connectivity index (χ0n) is 17.8. The van der Waals surface area contributed by atoms with Crippen molar-refractivity contribution in [1.82, 2.24) is 35.6 Å². The SMILES string of the molecule is CC(=NNC(=O)c1nnn(-c2nonc2N)c1CN1CCCCC1C)c1cccc(Br)c1. The second-order valence-corrected chi connectivity index (χ2v) is 8.65. The molecule has 1 fully saturated rings. The smallest absolute Gasteiger partial charge is 0.293 e. The number of benzene rings is 1. The Morgan fingerprint density at radius 3 is 2.94 bits per heavy atom. The van der Waals surface area contributed by atoms with E-state index in [2.05, 4.69) is 58.9 Å². The molecule has 3 heterocycles. The summed E-state index contributed by atoms with van der Waals surface area (Å²) in [6, 6.07) is 8.03. The normalized spacial score (nSPS) is 17.5. The van der Waals surface area contributed by atoms with E-state index in [-0.39, 0.29) is 17.3 Å². The Kier molecular flexibility index (Phi) is 6.61. The highest BCUT2D eigenvalue weighted by atomic mass is 79.9. The number of carbonyl (C=O) groups is 1. The number of hydrazone groups is 1. The van der Waals surface area contributed by atoms with Crippen molar-refractivity contribution in [3.63, 3.8) is 0 Å². The average molecular weight is 502 g/mol. The van der Waals surface area contributed by atoms with E-state index in [0.29, 0.717) is 24.0 Å². The number of halogens is 1. The molecule has 12 heteroatoms. The summed E-state index contributed by atoms with van der Waals surface area (Å²) in [6.45, 7) is 5.36. The topological polar surface area (TPSA) is 140 Å². The van der Waals surface area contributed by atoms with E-state index >= 15 is 0 Å². The Hall–Kier alpha value is -3.12. The van der Waals surface area contributed by atoms with Crippen LogP contribution in [0.15, 0.2) is 38.5 Å². The molecular formula is C20H24BrN9O2. The van der Waals surface area contributed by atoms with Crippen LogP contribution >= 0.6 is 15.9 Å². The largest absolute Gasteiger partial charge is 0.378 e. The van der Waals surface area contributed by atoms with Crippen LogP contribution in [-0.2, 0) is 6.54 Å². The first kappa shape index (κ1) is 22.1. The van der Waals surface area contributed by atoms with Crippen LogP contribution in [-0.4, -0.2) is 54.4 Å². The molecule has 0 saturated carbocycles. The van der Waals surface area contributed by atoms with Gasteiger partial charge in [-0.05, 0) is 61.2 Å². The number of piperidine rings is 1. The Labute approximate surface area is 193 Å². The predicted molar refractivity (Wildman–Crippen MR) is 121 cm³/mol. The number of hydrogen-bond acceptors (Lipinski definition) is 9. The molecule has 1 unspecified atom stereocenters. The van der Waals surface area contributed by atoms with Gasteiger partial charge in [0.05, 0.1) is 11.4 Å². The number of nitrogens with two attached hydrogens (primary N) is 1. The molecule has 32 heavy (non-hydrogen) atoms. The van der Waals surface area contributed by atoms with Gasteiger partial charge in [-0.25, -0.2) is 10.1 Å². The maximum absolute atomic E-state index is 13.0. The summed E-state index contributed by atoms with van der Waals surface area (Å²) < 4.78 is 7.06. The van der Waals surface area contributed by atoms with E-state index in [9.17, 15) is 4.79 Å². The number of hydrogen-bond donors (Lipinski definition) is 2. The summed E-state index contributed by atoms with van der Waals surface area (Å²) in [5.74, 6) is -0.205. The standard InChI is InChI=1S/C20H24BrN9O2/c1-12-6-3-4-9-29(12)11-16-17(24-28-30(16)19-18(22)26-32-27-19)20(31)25-23-13(2)14-7-5-8-15(21)10-14/h5,7-8,10,12H,3-4,6,9,11H2,1-2H3,(H2,22,26)(H,25,31). The molecule has 0 spiro atoms. The van der Waals surface area contributed by atoms with Crippen LogP contribution in [0.1, 0.15) is 54.9 Å². The number of anilines is 1. The first-order valence-corrected chi connectivity index (χ1v) is 11.1. The molecule has 4 rings (SSSR count). The van der Waals surface area contributed by atoms with Crippen LogP contribution in [0, 0.1) is 0 Å². The van der Waals surface area contributed by atoms with Gasteiger partial charge in [-0.3, -0.25) is 9.69 Å². The summed E-state index contributed by atoms with van der Waals surface area (Å²) in [6.07, 6.45) is 3.37. The lowest BCUT2D eigenvalue weighted by atomic mass is 10.0. The maximum atomic E-state index is 13.0. The van der Waals surface area contributed by atoms with Gasteiger partial charge in [0.25, 0.3) is 5.91 Å². The first-order valence-electron chi connectivity index (χ1n) is 10.3. The minimum Gasteiger partial charge on any atom is -0.378 e. The Morgan fingerprint density at radius 2 is 2.22 bits per heavy atom. The molecule has 1 atom stereocenters. The Bertz CT molecular complexity index is 1140. The molecular weight excluding hydrogens is 478 g/mol. The maximum Gasteiger partial charge on any atom is 0.293 e. The lowest BCUT2D eigenvalue weighted by molar-refractivity contribution is 0.0944. The molecule has 11 nitrogen and oxygen atoms in total. The highest BCUT2D eigenvalue weighted by Gasteiger charge is 2.28. The van der Waals surface area contributed by atoms with E-state index in [1.807, 2.05) is 31.2 Å². The van der Waals surface area contributed by atoms with Crippen LogP contribution < -0.4 is 11.2 Å². The Morgan fingerprint density at radius 1 is 1.38 bits per heavy atom. The molecule has 1 aromatic carbocycles. The zero-order chi connectivity index (χ0) is 22.7. The van der Waals surface area contributed by atoms with Crippen molar-refractivity contribution in [1.29, 1.82) is 0 Å². The molecule has 3 N–H and O–H groups in total. The van der Waals surface area contributed by atoms with Gasteiger partial charge in [-0.1, -0.05) is 39.7 Å². The molecule has 1 saturated heterocycles. The second-order valence-electron chi connectivity index (χ2n) is 7.73. The van der Waals surface area contributed by atoms with Gasteiger partial charge in [0.2, 0.25) is 11.6 Å². The fraction of sp³-hybridized carbons (Fsp3) is 0.400. The summed E-state index contributed by atoms with van der Waals surface area (Å²) >= 11 is 3.44. The van der Waals surface area contributed by atoms with E-state index < -0.39 is 5.91 Å². The fourth-order valence-electron chi connectivity index (χ4n) is 3.68. The molecule has 0 radical (unpaired) electrons. The van der Waals surface area contributed by atoms with Gasteiger partial charge in [-0.15, -0.1) is 5.10 Å². The number of likely N-dealkylation sites (tertiary alicyclic amines) is 1. The third-order valence-corrected chi connectivity index (χ3v) is 6.03. The summed E-state index contributed by atoms with van der Waals surface area (Å²) in [4.78, 5) is 15.3. The molecule has 1 amide bonds. The molecule has 3 aromatic rings.